The number of cyclic esters (lactones) is 1. The Morgan fingerprint density at radius 1 is 1.47 bits per heavy atom. The first-order valence-corrected chi connectivity index (χ1v) is 6.22. The van der Waals surface area contributed by atoms with Gasteiger partial charge in [0.25, 0.3) is 0 Å². The number of aliphatic carboxylic acids is 1. The van der Waals surface area contributed by atoms with E-state index in [1.165, 1.54) is 0 Å². The maximum atomic E-state index is 11.6. The van der Waals surface area contributed by atoms with Gasteiger partial charge in [0.2, 0.25) is 3.79 Å². The van der Waals surface area contributed by atoms with Crippen molar-refractivity contribution in [1.29, 1.82) is 0 Å². The molecule has 0 bridgehead atoms. The van der Waals surface area contributed by atoms with E-state index in [1.54, 1.807) is 0 Å². The van der Waals surface area contributed by atoms with Gasteiger partial charge in [-0.1, -0.05) is 34.8 Å². The van der Waals surface area contributed by atoms with Crippen LogP contribution < -0.4 is 0 Å². The SMILES string of the molecule is O=C(O)CC[C@H]1C(=O)OCN1C(=O)OCC(Cl)(Cl)Cl. The van der Waals surface area contributed by atoms with Crippen LogP contribution in [0.1, 0.15) is 12.8 Å². The van der Waals surface area contributed by atoms with E-state index in [2.05, 4.69) is 9.47 Å². The summed E-state index contributed by atoms with van der Waals surface area (Å²) in [5, 5.41) is 8.56. The summed E-state index contributed by atoms with van der Waals surface area (Å²) in [6, 6.07) is -1.00. The highest BCUT2D eigenvalue weighted by Crippen LogP contribution is 2.27. The molecule has 10 heteroatoms. The van der Waals surface area contributed by atoms with E-state index in [-0.39, 0.29) is 19.6 Å². The van der Waals surface area contributed by atoms with Crippen LogP contribution in [-0.2, 0) is 19.1 Å². The Hall–Kier alpha value is -0.920. The number of nitrogens with zero attached hydrogens (tertiary/aromatic N) is 1. The van der Waals surface area contributed by atoms with Gasteiger partial charge in [-0.05, 0) is 6.42 Å². The summed E-state index contributed by atoms with van der Waals surface area (Å²) in [7, 11) is 0. The average Bonchev–Trinajstić information content (AvgIpc) is 2.64. The van der Waals surface area contributed by atoms with Crippen molar-refractivity contribution in [3.8, 4) is 0 Å². The Morgan fingerprint density at radius 3 is 2.63 bits per heavy atom. The topological polar surface area (TPSA) is 93.1 Å². The minimum atomic E-state index is -1.77. The molecule has 1 heterocycles. The molecule has 0 spiro atoms. The molecule has 0 aliphatic carbocycles. The van der Waals surface area contributed by atoms with Crippen LogP contribution in [0.3, 0.4) is 0 Å². The molecule has 108 valence electrons. The maximum Gasteiger partial charge on any atom is 0.413 e. The second-order valence-corrected chi connectivity index (χ2v) is 6.20. The Labute approximate surface area is 123 Å². The third-order valence-corrected chi connectivity index (χ3v) is 2.55. The zero-order valence-corrected chi connectivity index (χ0v) is 11.7. The molecule has 1 amide bonds. The number of ether oxygens (including phenoxy) is 2. The van der Waals surface area contributed by atoms with Crippen LogP contribution in [-0.4, -0.2) is 51.2 Å². The Balaban J connectivity index is 2.57. The highest BCUT2D eigenvalue weighted by Gasteiger charge is 2.39. The zero-order chi connectivity index (χ0) is 14.6. The average molecular weight is 335 g/mol. The van der Waals surface area contributed by atoms with Gasteiger partial charge in [0.1, 0.15) is 12.6 Å². The van der Waals surface area contributed by atoms with Gasteiger partial charge in [0, 0.05) is 6.42 Å². The number of carbonyl (C=O) groups is 3. The van der Waals surface area contributed by atoms with Crippen LogP contribution in [0.15, 0.2) is 0 Å². The fourth-order valence-corrected chi connectivity index (χ4v) is 1.55. The van der Waals surface area contributed by atoms with Gasteiger partial charge < -0.3 is 14.6 Å². The maximum absolute atomic E-state index is 11.6. The summed E-state index contributed by atoms with van der Waals surface area (Å²) in [6.07, 6.45) is -1.27. The summed E-state index contributed by atoms with van der Waals surface area (Å²) in [4.78, 5) is 34.4. The number of carboxylic acid groups (broad SMARTS) is 1. The van der Waals surface area contributed by atoms with E-state index < -0.39 is 34.5 Å². The first kappa shape index (κ1) is 16.1. The number of alkyl halides is 3. The number of rotatable bonds is 4. The number of hydrogen-bond acceptors (Lipinski definition) is 5. The van der Waals surface area contributed by atoms with Crippen molar-refractivity contribution < 1.29 is 29.0 Å². The number of carboxylic acids is 1. The van der Waals surface area contributed by atoms with Gasteiger partial charge in [-0.15, -0.1) is 0 Å². The van der Waals surface area contributed by atoms with Gasteiger partial charge >= 0.3 is 18.0 Å². The van der Waals surface area contributed by atoms with Crippen molar-refractivity contribution in [2.45, 2.75) is 22.7 Å². The lowest BCUT2D eigenvalue weighted by Gasteiger charge is -2.20. The number of halogens is 3. The van der Waals surface area contributed by atoms with Crippen LogP contribution >= 0.6 is 34.8 Å². The molecule has 1 aliphatic heterocycles. The van der Waals surface area contributed by atoms with E-state index in [0.717, 1.165) is 4.90 Å². The fourth-order valence-electron chi connectivity index (χ4n) is 1.39. The molecular formula is C9H10Cl3NO6. The molecule has 0 radical (unpaired) electrons. The Bertz CT molecular complexity index is 383. The van der Waals surface area contributed by atoms with Crippen molar-refractivity contribution >= 4 is 52.8 Å². The monoisotopic (exact) mass is 333 g/mol. The van der Waals surface area contributed by atoms with Crippen molar-refractivity contribution in [2.24, 2.45) is 0 Å². The molecule has 1 fully saturated rings. The molecular weight excluding hydrogens is 324 g/mol. The van der Waals surface area contributed by atoms with E-state index in [0.29, 0.717) is 0 Å². The number of carbonyl (C=O) groups excluding carboxylic acids is 2. The molecule has 1 rings (SSSR count). The summed E-state index contributed by atoms with van der Waals surface area (Å²) in [5.74, 6) is -1.78. The standard InChI is InChI=1S/C9H10Cl3NO6/c10-9(11,12)3-18-8(17)13-4-19-7(16)5(13)1-2-6(14)15/h5H,1-4H2,(H,14,15)/t5-/m0/s1. The molecule has 0 aromatic carbocycles. The van der Waals surface area contributed by atoms with E-state index in [1.807, 2.05) is 0 Å². The molecule has 19 heavy (non-hydrogen) atoms. The number of esters is 1. The minimum absolute atomic E-state index is 0.0724. The van der Waals surface area contributed by atoms with Crippen LogP contribution in [0, 0.1) is 0 Å². The lowest BCUT2D eigenvalue weighted by atomic mass is 10.1. The third kappa shape index (κ3) is 5.30. The van der Waals surface area contributed by atoms with E-state index in [9.17, 15) is 14.4 Å². The summed E-state index contributed by atoms with van der Waals surface area (Å²) < 4.78 is 7.58. The first-order chi connectivity index (χ1) is 8.70. The first-order valence-electron chi connectivity index (χ1n) is 5.09. The second kappa shape index (κ2) is 6.49. The Morgan fingerprint density at radius 2 is 2.11 bits per heavy atom. The van der Waals surface area contributed by atoms with Crippen molar-refractivity contribution in [3.63, 3.8) is 0 Å². The third-order valence-electron chi connectivity index (χ3n) is 2.22. The molecule has 0 unspecified atom stereocenters. The highest BCUT2D eigenvalue weighted by atomic mass is 35.6. The zero-order valence-electron chi connectivity index (χ0n) is 9.48. The smallest absolute Gasteiger partial charge is 0.413 e. The summed E-state index contributed by atoms with van der Waals surface area (Å²) in [5.41, 5.74) is 0. The predicted octanol–water partition coefficient (Wildman–Crippen LogP) is 1.54. The molecule has 1 saturated heterocycles. The normalized spacial score (nSPS) is 19.2. The minimum Gasteiger partial charge on any atom is -0.481 e. The van der Waals surface area contributed by atoms with Gasteiger partial charge in [-0.25, -0.2) is 9.59 Å². The largest absolute Gasteiger partial charge is 0.481 e. The van der Waals surface area contributed by atoms with Crippen molar-refractivity contribution in [2.75, 3.05) is 13.3 Å². The lowest BCUT2D eigenvalue weighted by molar-refractivity contribution is -0.140. The lowest BCUT2D eigenvalue weighted by Crippen LogP contribution is -2.39. The van der Waals surface area contributed by atoms with Crippen LogP contribution in [0.4, 0.5) is 4.79 Å². The van der Waals surface area contributed by atoms with Crippen LogP contribution in [0.25, 0.3) is 0 Å². The quantitative estimate of drug-likeness (QED) is 0.619. The molecule has 0 saturated carbocycles. The van der Waals surface area contributed by atoms with E-state index >= 15 is 0 Å². The summed E-state index contributed by atoms with van der Waals surface area (Å²) in [6.45, 7) is -0.811. The molecule has 7 nitrogen and oxygen atoms in total. The van der Waals surface area contributed by atoms with E-state index in [4.69, 9.17) is 39.9 Å². The van der Waals surface area contributed by atoms with Gasteiger partial charge in [0.05, 0.1) is 0 Å². The predicted molar refractivity (Wildman–Crippen MR) is 65.1 cm³/mol. The summed E-state index contributed by atoms with van der Waals surface area (Å²) >= 11 is 16.2. The van der Waals surface area contributed by atoms with Gasteiger partial charge in [-0.3, -0.25) is 9.69 Å². The molecule has 0 aromatic heterocycles. The second-order valence-electron chi connectivity index (χ2n) is 3.68. The van der Waals surface area contributed by atoms with Gasteiger partial charge in [0.15, 0.2) is 6.73 Å². The van der Waals surface area contributed by atoms with Crippen molar-refractivity contribution in [1.82, 2.24) is 4.90 Å². The number of amides is 1. The highest BCUT2D eigenvalue weighted by molar-refractivity contribution is 6.67. The fraction of sp³-hybridized carbons (Fsp3) is 0.667. The molecule has 0 aromatic rings. The van der Waals surface area contributed by atoms with Crippen LogP contribution in [0.5, 0.6) is 0 Å². The number of hydrogen-bond donors (Lipinski definition) is 1. The molecule has 1 N–H and O–H groups in total. The van der Waals surface area contributed by atoms with Crippen molar-refractivity contribution in [3.05, 3.63) is 0 Å². The van der Waals surface area contributed by atoms with Crippen LogP contribution in [0.2, 0.25) is 0 Å². The molecule has 1 atom stereocenters. The Kier molecular flexibility index (Phi) is 5.51. The molecule has 1 aliphatic rings. The van der Waals surface area contributed by atoms with Gasteiger partial charge in [-0.2, -0.15) is 0 Å².